The van der Waals surface area contributed by atoms with Crippen molar-refractivity contribution in [3.05, 3.63) is 0 Å². The van der Waals surface area contributed by atoms with Crippen molar-refractivity contribution < 1.29 is 0 Å². The summed E-state index contributed by atoms with van der Waals surface area (Å²) in [5, 5.41) is 3.48. The molecule has 1 N–H and O–H groups in total. The van der Waals surface area contributed by atoms with Gasteiger partial charge in [0.1, 0.15) is 0 Å². The van der Waals surface area contributed by atoms with Crippen molar-refractivity contribution in [2.45, 2.75) is 65.3 Å². The van der Waals surface area contributed by atoms with Crippen LogP contribution in [0.3, 0.4) is 0 Å². The van der Waals surface area contributed by atoms with E-state index in [1.54, 1.807) is 0 Å². The molecule has 0 aromatic carbocycles. The van der Waals surface area contributed by atoms with Crippen molar-refractivity contribution in [2.75, 3.05) is 26.7 Å². The van der Waals surface area contributed by atoms with Crippen molar-refractivity contribution in [3.63, 3.8) is 0 Å². The predicted octanol–water partition coefficient (Wildman–Crippen LogP) is 3.52. The molecule has 2 nitrogen and oxygen atoms in total. The van der Waals surface area contributed by atoms with Crippen LogP contribution >= 0.6 is 0 Å². The van der Waals surface area contributed by atoms with Gasteiger partial charge >= 0.3 is 0 Å². The van der Waals surface area contributed by atoms with Crippen LogP contribution < -0.4 is 5.32 Å². The van der Waals surface area contributed by atoms with Gasteiger partial charge in [0, 0.05) is 25.7 Å². The fourth-order valence-corrected chi connectivity index (χ4v) is 4.17. The largest absolute Gasteiger partial charge is 0.319 e. The lowest BCUT2D eigenvalue weighted by molar-refractivity contribution is 0.0381. The quantitative estimate of drug-likeness (QED) is 0.837. The van der Waals surface area contributed by atoms with Gasteiger partial charge in [-0.3, -0.25) is 4.90 Å². The lowest BCUT2D eigenvalue weighted by Crippen LogP contribution is -2.50. The minimum atomic E-state index is 0.548. The number of hydrogen-bond donors (Lipinski definition) is 1. The Morgan fingerprint density at radius 2 is 1.68 bits per heavy atom. The van der Waals surface area contributed by atoms with Crippen LogP contribution in [0.5, 0.6) is 0 Å². The van der Waals surface area contributed by atoms with Gasteiger partial charge in [-0.15, -0.1) is 0 Å². The molecule has 2 atom stereocenters. The van der Waals surface area contributed by atoms with Gasteiger partial charge in [0.2, 0.25) is 0 Å². The molecule has 0 spiro atoms. The first kappa shape index (κ1) is 15.3. The van der Waals surface area contributed by atoms with E-state index in [0.29, 0.717) is 5.41 Å². The van der Waals surface area contributed by atoms with Crippen LogP contribution in [0.1, 0.15) is 59.3 Å². The molecule has 0 amide bonds. The van der Waals surface area contributed by atoms with E-state index in [9.17, 15) is 0 Å². The van der Waals surface area contributed by atoms with E-state index >= 15 is 0 Å². The Labute approximate surface area is 120 Å². The highest BCUT2D eigenvalue weighted by atomic mass is 15.2. The van der Waals surface area contributed by atoms with Crippen LogP contribution in [0.4, 0.5) is 0 Å². The fourth-order valence-electron chi connectivity index (χ4n) is 4.17. The van der Waals surface area contributed by atoms with E-state index in [4.69, 9.17) is 0 Å². The monoisotopic (exact) mass is 266 g/mol. The van der Waals surface area contributed by atoms with Gasteiger partial charge in [0.25, 0.3) is 0 Å². The Hall–Kier alpha value is -0.0800. The Morgan fingerprint density at radius 1 is 1.00 bits per heavy atom. The zero-order chi connectivity index (χ0) is 13.9. The van der Waals surface area contributed by atoms with Crippen LogP contribution in [0, 0.1) is 17.3 Å². The lowest BCUT2D eigenvalue weighted by Gasteiger charge is -2.46. The summed E-state index contributed by atoms with van der Waals surface area (Å²) in [7, 11) is 2.13. The molecule has 2 unspecified atom stereocenters. The number of nitrogens with one attached hydrogen (secondary N) is 1. The summed E-state index contributed by atoms with van der Waals surface area (Å²) in [6.07, 6.45) is 8.53. The molecule has 1 aliphatic heterocycles. The number of hydrogen-bond acceptors (Lipinski definition) is 2. The third kappa shape index (κ3) is 3.95. The third-order valence-electron chi connectivity index (χ3n) is 5.67. The zero-order valence-electron chi connectivity index (χ0n) is 13.5. The molecule has 2 aliphatic rings. The molecule has 0 aromatic rings. The van der Waals surface area contributed by atoms with Crippen molar-refractivity contribution in [1.29, 1.82) is 0 Å². The molecule has 0 radical (unpaired) electrons. The third-order valence-corrected chi connectivity index (χ3v) is 5.67. The second-order valence-corrected chi connectivity index (χ2v) is 7.67. The highest BCUT2D eigenvalue weighted by Gasteiger charge is 2.37. The standard InChI is InChI=1S/C17H34N2/c1-14-7-9-17(10-8-14,12-18-4)13-19-11-15(2)5-6-16(19)3/h14-16,18H,5-13H2,1-4H3. The van der Waals surface area contributed by atoms with Crippen molar-refractivity contribution in [2.24, 2.45) is 17.3 Å². The van der Waals surface area contributed by atoms with Gasteiger partial charge in [-0.1, -0.05) is 26.7 Å². The number of nitrogens with zero attached hydrogens (tertiary/aromatic N) is 1. The SMILES string of the molecule is CNCC1(CN2CC(C)CCC2C)CCC(C)CC1. The first-order valence-corrected chi connectivity index (χ1v) is 8.43. The molecule has 2 heteroatoms. The van der Waals surface area contributed by atoms with Gasteiger partial charge in [-0.05, 0) is 56.9 Å². The van der Waals surface area contributed by atoms with Gasteiger partial charge < -0.3 is 5.32 Å². The van der Waals surface area contributed by atoms with Crippen LogP contribution in [-0.4, -0.2) is 37.6 Å². The first-order chi connectivity index (χ1) is 9.04. The van der Waals surface area contributed by atoms with Gasteiger partial charge in [-0.2, -0.15) is 0 Å². The van der Waals surface area contributed by atoms with Crippen LogP contribution in [-0.2, 0) is 0 Å². The number of piperidine rings is 1. The molecule has 2 rings (SSSR count). The van der Waals surface area contributed by atoms with Crippen molar-refractivity contribution >= 4 is 0 Å². The van der Waals surface area contributed by atoms with Crippen LogP contribution in [0.25, 0.3) is 0 Å². The Bertz CT molecular complexity index is 268. The van der Waals surface area contributed by atoms with E-state index in [1.165, 1.54) is 58.2 Å². The van der Waals surface area contributed by atoms with Gasteiger partial charge in [0.05, 0.1) is 0 Å². The van der Waals surface area contributed by atoms with Crippen molar-refractivity contribution in [3.8, 4) is 0 Å². The highest BCUT2D eigenvalue weighted by molar-refractivity contribution is 4.91. The lowest BCUT2D eigenvalue weighted by atomic mass is 9.70. The molecule has 1 saturated heterocycles. The summed E-state index contributed by atoms with van der Waals surface area (Å²) in [6, 6.07) is 0.796. The van der Waals surface area contributed by atoms with Crippen LogP contribution in [0.2, 0.25) is 0 Å². The summed E-state index contributed by atoms with van der Waals surface area (Å²) >= 11 is 0. The average molecular weight is 266 g/mol. The molecule has 0 bridgehead atoms. The van der Waals surface area contributed by atoms with E-state index < -0.39 is 0 Å². The van der Waals surface area contributed by atoms with Crippen LogP contribution in [0.15, 0.2) is 0 Å². The highest BCUT2D eigenvalue weighted by Crippen LogP contribution is 2.40. The second-order valence-electron chi connectivity index (χ2n) is 7.67. The second kappa shape index (κ2) is 6.58. The number of rotatable bonds is 4. The Kier molecular flexibility index (Phi) is 5.30. The van der Waals surface area contributed by atoms with Gasteiger partial charge in [-0.25, -0.2) is 0 Å². The molecule has 112 valence electrons. The number of likely N-dealkylation sites (tertiary alicyclic amines) is 1. The summed E-state index contributed by atoms with van der Waals surface area (Å²) in [5.74, 6) is 1.84. The molecule has 19 heavy (non-hydrogen) atoms. The maximum atomic E-state index is 3.48. The molecule has 1 heterocycles. The normalized spacial score (nSPS) is 41.4. The fraction of sp³-hybridized carbons (Fsp3) is 1.00. The van der Waals surface area contributed by atoms with E-state index in [2.05, 4.69) is 38.0 Å². The first-order valence-electron chi connectivity index (χ1n) is 8.43. The average Bonchev–Trinajstić information content (AvgIpc) is 2.38. The molecular weight excluding hydrogens is 232 g/mol. The summed E-state index contributed by atoms with van der Waals surface area (Å²) < 4.78 is 0. The molecule has 1 aliphatic carbocycles. The Morgan fingerprint density at radius 3 is 2.32 bits per heavy atom. The van der Waals surface area contributed by atoms with Gasteiger partial charge in [0.15, 0.2) is 0 Å². The minimum Gasteiger partial charge on any atom is -0.319 e. The summed E-state index contributed by atoms with van der Waals surface area (Å²) in [4.78, 5) is 2.79. The van der Waals surface area contributed by atoms with E-state index in [-0.39, 0.29) is 0 Å². The Balaban J connectivity index is 1.99. The molecule has 2 fully saturated rings. The maximum absolute atomic E-state index is 3.48. The summed E-state index contributed by atoms with van der Waals surface area (Å²) in [6.45, 7) is 11.1. The zero-order valence-corrected chi connectivity index (χ0v) is 13.5. The van der Waals surface area contributed by atoms with E-state index in [0.717, 1.165) is 17.9 Å². The maximum Gasteiger partial charge on any atom is 0.00673 e. The summed E-state index contributed by atoms with van der Waals surface area (Å²) in [5.41, 5.74) is 0.548. The molecule has 0 aromatic heterocycles. The molecule has 1 saturated carbocycles. The van der Waals surface area contributed by atoms with Crippen molar-refractivity contribution in [1.82, 2.24) is 10.2 Å². The van der Waals surface area contributed by atoms with E-state index in [1.807, 2.05) is 0 Å². The molecular formula is C17H34N2. The predicted molar refractivity (Wildman–Crippen MR) is 83.4 cm³/mol. The topological polar surface area (TPSA) is 15.3 Å². The minimum absolute atomic E-state index is 0.548. The smallest absolute Gasteiger partial charge is 0.00673 e.